The van der Waals surface area contributed by atoms with Crippen molar-refractivity contribution in [3.63, 3.8) is 0 Å². The Morgan fingerprint density at radius 3 is 2.22 bits per heavy atom. The molecule has 2 aliphatic rings. The maximum absolute atomic E-state index is 13.7. The number of anilines is 1. The Kier molecular flexibility index (Phi) is 6.92. The van der Waals surface area contributed by atoms with Crippen LogP contribution in [0.15, 0.2) is 58.3 Å². The number of halogens is 2. The number of hydrogen-bond acceptors (Lipinski definition) is 5. The summed E-state index contributed by atoms with van der Waals surface area (Å²) in [6.45, 7) is 4.60. The van der Waals surface area contributed by atoms with Crippen LogP contribution >= 0.6 is 14.5 Å². The van der Waals surface area contributed by atoms with Crippen molar-refractivity contribution in [2.75, 3.05) is 23.5 Å². The molecule has 1 aliphatic carbocycles. The fourth-order valence-corrected chi connectivity index (χ4v) is 33.5. The van der Waals surface area contributed by atoms with Crippen LogP contribution in [0.3, 0.4) is 0 Å². The quantitative estimate of drug-likeness (QED) is 0.204. The summed E-state index contributed by atoms with van der Waals surface area (Å²) in [5, 5.41) is 0. The van der Waals surface area contributed by atoms with Crippen molar-refractivity contribution >= 4 is 37.2 Å². The van der Waals surface area contributed by atoms with Gasteiger partial charge in [0.2, 0.25) is 0 Å². The van der Waals surface area contributed by atoms with Crippen LogP contribution in [0.1, 0.15) is 33.1 Å². The first-order chi connectivity index (χ1) is 14.9. The molecule has 1 heterocycles. The van der Waals surface area contributed by atoms with E-state index >= 15 is 0 Å². The average Bonchev–Trinajstić information content (AvgIpc) is 3.12. The van der Waals surface area contributed by atoms with E-state index < -0.39 is 48.7 Å². The zero-order valence-electron chi connectivity index (χ0n) is 18.6. The van der Waals surface area contributed by atoms with Gasteiger partial charge in [0.15, 0.2) is 0 Å². The molecule has 1 atom stereocenters. The molecule has 6 nitrogen and oxygen atoms in total. The molecule has 2 aromatic rings. The molecule has 178 valence electrons. The fourth-order valence-electron chi connectivity index (χ4n) is 4.16. The van der Waals surface area contributed by atoms with Gasteiger partial charge in [-0.1, -0.05) is 0 Å². The van der Waals surface area contributed by atoms with E-state index in [1.165, 1.54) is 47.6 Å². The number of alkyl halides is 1. The summed E-state index contributed by atoms with van der Waals surface area (Å²) < 4.78 is 55.1. The van der Waals surface area contributed by atoms with E-state index in [0.29, 0.717) is 10.6 Å². The van der Waals surface area contributed by atoms with E-state index in [0.717, 1.165) is 23.6 Å². The molecule has 1 fully saturated rings. The van der Waals surface area contributed by atoms with Crippen LogP contribution in [0.5, 0.6) is 0 Å². The van der Waals surface area contributed by atoms with Gasteiger partial charge >= 0.3 is 206 Å². The zero-order chi connectivity index (χ0) is 23.3. The normalized spacial score (nSPS) is 22.5. The zero-order valence-corrected chi connectivity index (χ0v) is 24.6. The number of para-hydroxylation sites is 1. The molecule has 0 N–H and O–H groups in total. The van der Waals surface area contributed by atoms with Gasteiger partial charge in [0.1, 0.15) is 0 Å². The van der Waals surface area contributed by atoms with Gasteiger partial charge in [0.05, 0.1) is 0 Å². The summed E-state index contributed by atoms with van der Waals surface area (Å²) in [6.07, 6.45) is 3.34. The van der Waals surface area contributed by atoms with Gasteiger partial charge in [-0.25, -0.2) is 0 Å². The molecule has 0 radical (unpaired) electrons. The van der Waals surface area contributed by atoms with Crippen LogP contribution in [-0.4, -0.2) is 45.8 Å². The molecule has 1 saturated carbocycles. The third kappa shape index (κ3) is 4.71. The van der Waals surface area contributed by atoms with Crippen molar-refractivity contribution in [2.24, 2.45) is 5.41 Å². The van der Waals surface area contributed by atoms with Crippen molar-refractivity contribution in [1.29, 1.82) is 0 Å². The standard InChI is InChI=1S/C22H29I2N2O4S2/c1-22(2)14-13-17(15-22)26-16-24(23-20-7-5-6-8-21(20)26)31(27,28)18-9-11-19(12-10-18)32(29,30)25(3)4/h5-12,17H,13-16H2,1-4H3/q-1. The molecule has 10 heteroatoms. The van der Waals surface area contributed by atoms with Crippen molar-refractivity contribution in [3.05, 3.63) is 52.1 Å². The van der Waals surface area contributed by atoms with Gasteiger partial charge in [0, 0.05) is 0 Å². The number of rotatable bonds is 5. The summed E-state index contributed by atoms with van der Waals surface area (Å²) in [5.41, 5.74) is 1.52. The van der Waals surface area contributed by atoms with E-state index in [2.05, 4.69) is 36.9 Å². The third-order valence-electron chi connectivity index (χ3n) is 6.03. The van der Waals surface area contributed by atoms with Crippen LogP contribution in [0.4, 0.5) is 5.69 Å². The van der Waals surface area contributed by atoms with Crippen LogP contribution in [0.2, 0.25) is 0 Å². The Bertz CT molecular complexity index is 1210. The second-order valence-corrected chi connectivity index (χ2v) is 35.4. The van der Waals surface area contributed by atoms with Crippen molar-refractivity contribution < 1.29 is 34.1 Å². The fraction of sp³-hybridized carbons (Fsp3) is 0.455. The van der Waals surface area contributed by atoms with Crippen molar-refractivity contribution in [2.45, 2.75) is 48.9 Å². The van der Waals surface area contributed by atoms with Gasteiger partial charge in [-0.05, 0) is 0 Å². The maximum atomic E-state index is 13.7. The monoisotopic (exact) mass is 703 g/mol. The number of hydrogen-bond donors (Lipinski definition) is 0. The molecule has 1 unspecified atom stereocenters. The molecule has 0 spiro atoms. The summed E-state index contributed by atoms with van der Waals surface area (Å²) in [6, 6.07) is 14.5. The van der Waals surface area contributed by atoms with Gasteiger partial charge in [-0.3, -0.25) is 0 Å². The SMILES string of the molecule is CN(C)S(=O)(=O)c1ccc(S(=O)(=O)I2CN(C3CCC(C)(C)C3)c3ccccc3[I-]2)cc1. The summed E-state index contributed by atoms with van der Waals surface area (Å²) in [5.74, 6) is 0. The van der Waals surface area contributed by atoms with E-state index in [4.69, 9.17) is 0 Å². The molecule has 4 rings (SSSR count). The van der Waals surface area contributed by atoms with Crippen LogP contribution in [-0.2, 0) is 17.0 Å². The molecular formula is C22H29I2N2O4S2-. The molecule has 1 aliphatic heterocycles. The molecular weight excluding hydrogens is 674 g/mol. The topological polar surface area (TPSA) is 74.8 Å². The average molecular weight is 703 g/mol. The van der Waals surface area contributed by atoms with Crippen molar-refractivity contribution in [1.82, 2.24) is 4.31 Å². The first-order valence-corrected chi connectivity index (χ1v) is 24.7. The van der Waals surface area contributed by atoms with Gasteiger partial charge in [-0.15, -0.1) is 0 Å². The number of sulfonamides is 1. The Balaban J connectivity index is 1.66. The van der Waals surface area contributed by atoms with Gasteiger partial charge in [0.25, 0.3) is 0 Å². The Labute approximate surface area is 203 Å². The van der Waals surface area contributed by atoms with Crippen LogP contribution in [0.25, 0.3) is 0 Å². The second-order valence-electron chi connectivity index (χ2n) is 9.14. The van der Waals surface area contributed by atoms with E-state index in [1.807, 2.05) is 6.07 Å². The Morgan fingerprint density at radius 2 is 1.62 bits per heavy atom. The van der Waals surface area contributed by atoms with Crippen LogP contribution in [0, 0.1) is 8.99 Å². The summed E-state index contributed by atoms with van der Waals surface area (Å²) in [4.78, 5) is 2.79. The first-order valence-electron chi connectivity index (χ1n) is 10.4. The minimum atomic E-state index is -3.58. The number of nitrogens with zero attached hydrogens (tertiary/aromatic N) is 2. The molecule has 0 aromatic heterocycles. The third-order valence-corrected chi connectivity index (χ3v) is 37.3. The summed E-state index contributed by atoms with van der Waals surface area (Å²) >= 11 is -3.00. The summed E-state index contributed by atoms with van der Waals surface area (Å²) in [7, 11) is -4.07. The number of fused-ring (bicyclic) bond motifs is 1. The molecule has 32 heavy (non-hydrogen) atoms. The van der Waals surface area contributed by atoms with E-state index in [9.17, 15) is 16.8 Å². The van der Waals surface area contributed by atoms with E-state index in [-0.39, 0.29) is 15.2 Å². The Hall–Kier alpha value is -0.440. The predicted octanol–water partition coefficient (Wildman–Crippen LogP) is 1.36. The number of benzene rings is 2. The molecule has 2 aromatic carbocycles. The second kappa shape index (κ2) is 8.97. The van der Waals surface area contributed by atoms with Gasteiger partial charge in [-0.2, -0.15) is 0 Å². The minimum absolute atomic E-state index is 0.115. The van der Waals surface area contributed by atoms with Crippen LogP contribution < -0.4 is 22.1 Å². The molecule has 0 amide bonds. The van der Waals surface area contributed by atoms with Gasteiger partial charge < -0.3 is 0 Å². The first kappa shape index (κ1) is 24.7. The molecule has 0 saturated heterocycles. The molecule has 0 bridgehead atoms. The Morgan fingerprint density at radius 1 is 1.00 bits per heavy atom. The predicted molar refractivity (Wildman–Crippen MR) is 132 cm³/mol. The van der Waals surface area contributed by atoms with E-state index in [1.54, 1.807) is 0 Å². The van der Waals surface area contributed by atoms with Crippen molar-refractivity contribution in [3.8, 4) is 0 Å².